The van der Waals surface area contributed by atoms with E-state index in [0.29, 0.717) is 6.54 Å². The minimum Gasteiger partial charge on any atom is -0.459 e. The van der Waals surface area contributed by atoms with Crippen LogP contribution in [0.15, 0.2) is 108 Å². The molecule has 0 saturated carbocycles. The van der Waals surface area contributed by atoms with Crippen molar-refractivity contribution in [1.29, 1.82) is 0 Å². The van der Waals surface area contributed by atoms with Crippen LogP contribution >= 0.6 is 11.6 Å². The summed E-state index contributed by atoms with van der Waals surface area (Å²) in [5.74, 6) is -0.135. The standard InChI is InChI=1S/C30H26ClN3O2/c1-22(35)36-26(19-31)21-33-29-18-9-8-16-27(29)28-17-10-11-23(30(28)33)20-32-34(24-12-4-2-5-13-24)25-14-6-3-7-15-25/h2-18,20,26H,19,21H2,1H3/b32-20+. The quantitative estimate of drug-likeness (QED) is 0.0994. The lowest BCUT2D eigenvalue weighted by Gasteiger charge is -2.19. The van der Waals surface area contributed by atoms with Crippen LogP contribution in [0.4, 0.5) is 11.4 Å². The highest BCUT2D eigenvalue weighted by molar-refractivity contribution is 6.18. The fraction of sp³-hybridized carbons (Fsp3) is 0.133. The second kappa shape index (κ2) is 10.7. The molecule has 0 radical (unpaired) electrons. The zero-order chi connectivity index (χ0) is 24.9. The Morgan fingerprint density at radius 1 is 0.889 bits per heavy atom. The van der Waals surface area contributed by atoms with Crippen LogP contribution < -0.4 is 5.01 Å². The van der Waals surface area contributed by atoms with E-state index in [1.165, 1.54) is 6.92 Å². The molecule has 0 aliphatic carbocycles. The molecule has 1 heterocycles. The van der Waals surface area contributed by atoms with E-state index in [9.17, 15) is 4.79 Å². The van der Waals surface area contributed by atoms with Gasteiger partial charge in [0.15, 0.2) is 0 Å². The van der Waals surface area contributed by atoms with E-state index in [1.807, 2.05) is 90.1 Å². The number of ether oxygens (including phenoxy) is 1. The highest BCUT2D eigenvalue weighted by Crippen LogP contribution is 2.32. The predicted octanol–water partition coefficient (Wildman–Crippen LogP) is 7.14. The Kier molecular flexibility index (Phi) is 7.01. The Labute approximate surface area is 215 Å². The van der Waals surface area contributed by atoms with Crippen molar-refractivity contribution < 1.29 is 9.53 Å². The number of alkyl halides is 1. The number of benzene rings is 4. The maximum atomic E-state index is 11.7. The van der Waals surface area contributed by atoms with E-state index in [2.05, 4.69) is 28.8 Å². The summed E-state index contributed by atoms with van der Waals surface area (Å²) < 4.78 is 7.67. The fourth-order valence-corrected chi connectivity index (χ4v) is 4.69. The Balaban J connectivity index is 1.64. The second-order valence-electron chi connectivity index (χ2n) is 8.48. The molecule has 0 fully saturated rings. The summed E-state index contributed by atoms with van der Waals surface area (Å²) >= 11 is 6.19. The minimum atomic E-state index is -0.446. The third-order valence-corrected chi connectivity index (χ3v) is 6.37. The summed E-state index contributed by atoms with van der Waals surface area (Å²) in [5.41, 5.74) is 4.95. The van der Waals surface area contributed by atoms with Gasteiger partial charge in [0.25, 0.3) is 0 Å². The van der Waals surface area contributed by atoms with Crippen LogP contribution in [0, 0.1) is 0 Å². The number of hydrogen-bond acceptors (Lipinski definition) is 4. The SMILES string of the molecule is CC(=O)OC(CCl)Cn1c2ccccc2c2cccc(/C=N/N(c3ccccc3)c3ccccc3)c21. The molecule has 0 N–H and O–H groups in total. The molecular weight excluding hydrogens is 470 g/mol. The average molecular weight is 496 g/mol. The molecule has 4 aromatic carbocycles. The largest absolute Gasteiger partial charge is 0.459 e. The number of carbonyl (C=O) groups excluding carboxylic acids is 1. The first-order valence-corrected chi connectivity index (χ1v) is 12.4. The first kappa shape index (κ1) is 23.6. The van der Waals surface area contributed by atoms with Crippen molar-refractivity contribution in [3.63, 3.8) is 0 Å². The van der Waals surface area contributed by atoms with E-state index in [-0.39, 0.29) is 11.8 Å². The molecule has 0 bridgehead atoms. The van der Waals surface area contributed by atoms with Gasteiger partial charge in [0.2, 0.25) is 0 Å². The third kappa shape index (κ3) is 4.83. The van der Waals surface area contributed by atoms with Crippen LogP contribution in [0.3, 0.4) is 0 Å². The van der Waals surface area contributed by atoms with Crippen LogP contribution in [-0.2, 0) is 16.1 Å². The lowest BCUT2D eigenvalue weighted by atomic mass is 10.1. The predicted molar refractivity (Wildman–Crippen MR) is 148 cm³/mol. The minimum absolute atomic E-state index is 0.208. The summed E-state index contributed by atoms with van der Waals surface area (Å²) in [6.45, 7) is 1.85. The van der Waals surface area contributed by atoms with Crippen molar-refractivity contribution in [3.8, 4) is 0 Å². The van der Waals surface area contributed by atoms with Crippen molar-refractivity contribution in [3.05, 3.63) is 109 Å². The first-order chi connectivity index (χ1) is 17.7. The second-order valence-corrected chi connectivity index (χ2v) is 8.79. The number of aromatic nitrogens is 1. The van der Waals surface area contributed by atoms with E-state index < -0.39 is 6.10 Å². The fourth-order valence-electron chi connectivity index (χ4n) is 4.53. The summed E-state index contributed by atoms with van der Waals surface area (Å²) in [6.07, 6.45) is 1.44. The molecule has 0 amide bonds. The van der Waals surface area contributed by atoms with Gasteiger partial charge < -0.3 is 9.30 Å². The third-order valence-electron chi connectivity index (χ3n) is 6.03. The highest BCUT2D eigenvalue weighted by atomic mass is 35.5. The average Bonchev–Trinajstić information content (AvgIpc) is 3.23. The summed E-state index contributed by atoms with van der Waals surface area (Å²) in [4.78, 5) is 11.7. The number of anilines is 2. The number of para-hydroxylation sites is 4. The van der Waals surface area contributed by atoms with Gasteiger partial charge in [-0.15, -0.1) is 11.6 Å². The van der Waals surface area contributed by atoms with Crippen molar-refractivity contribution in [2.45, 2.75) is 19.6 Å². The number of halogens is 1. The summed E-state index contributed by atoms with van der Waals surface area (Å²) in [7, 11) is 0. The zero-order valence-corrected chi connectivity index (χ0v) is 20.7. The normalized spacial score (nSPS) is 12.3. The van der Waals surface area contributed by atoms with Gasteiger partial charge >= 0.3 is 5.97 Å². The Morgan fingerprint density at radius 2 is 1.50 bits per heavy atom. The number of nitrogens with zero attached hydrogens (tertiary/aromatic N) is 3. The van der Waals surface area contributed by atoms with Crippen LogP contribution in [0.1, 0.15) is 12.5 Å². The van der Waals surface area contributed by atoms with Crippen molar-refractivity contribution in [2.24, 2.45) is 5.10 Å². The van der Waals surface area contributed by atoms with Crippen LogP contribution in [0.25, 0.3) is 21.8 Å². The molecule has 0 aliphatic rings. The maximum absolute atomic E-state index is 11.7. The Hall–Kier alpha value is -4.09. The molecule has 36 heavy (non-hydrogen) atoms. The van der Waals surface area contributed by atoms with Gasteiger partial charge in [-0.2, -0.15) is 5.10 Å². The van der Waals surface area contributed by atoms with E-state index in [1.54, 1.807) is 0 Å². The monoisotopic (exact) mass is 495 g/mol. The van der Waals surface area contributed by atoms with Gasteiger partial charge in [-0.1, -0.05) is 72.8 Å². The molecule has 0 saturated heterocycles. The first-order valence-electron chi connectivity index (χ1n) is 11.8. The topological polar surface area (TPSA) is 46.8 Å². The zero-order valence-electron chi connectivity index (χ0n) is 19.9. The molecular formula is C30H26ClN3O2. The van der Waals surface area contributed by atoms with Gasteiger partial charge in [0.1, 0.15) is 6.10 Å². The van der Waals surface area contributed by atoms with Gasteiger partial charge in [-0.05, 0) is 30.3 Å². The van der Waals surface area contributed by atoms with Crippen LogP contribution in [0.2, 0.25) is 0 Å². The number of hydrazone groups is 1. The molecule has 6 heteroatoms. The maximum Gasteiger partial charge on any atom is 0.303 e. The summed E-state index contributed by atoms with van der Waals surface area (Å²) in [5, 5.41) is 9.08. The molecule has 5 rings (SSSR count). The Morgan fingerprint density at radius 3 is 2.14 bits per heavy atom. The molecule has 1 atom stereocenters. The van der Waals surface area contributed by atoms with E-state index in [4.69, 9.17) is 21.4 Å². The molecule has 0 aliphatic heterocycles. The van der Waals surface area contributed by atoms with E-state index >= 15 is 0 Å². The van der Waals surface area contributed by atoms with Crippen molar-refractivity contribution in [1.82, 2.24) is 4.57 Å². The number of hydrogen-bond donors (Lipinski definition) is 0. The number of carbonyl (C=O) groups is 1. The number of fused-ring (bicyclic) bond motifs is 3. The van der Waals surface area contributed by atoms with Crippen LogP contribution in [0.5, 0.6) is 0 Å². The molecule has 5 aromatic rings. The van der Waals surface area contributed by atoms with Crippen LogP contribution in [-0.4, -0.2) is 28.7 Å². The van der Waals surface area contributed by atoms with Gasteiger partial charge in [-0.25, -0.2) is 5.01 Å². The van der Waals surface area contributed by atoms with Crippen molar-refractivity contribution >= 4 is 57.0 Å². The molecule has 1 unspecified atom stereocenters. The van der Waals surface area contributed by atoms with Gasteiger partial charge in [0, 0.05) is 28.8 Å². The lowest BCUT2D eigenvalue weighted by molar-refractivity contribution is -0.145. The molecule has 180 valence electrons. The number of esters is 1. The number of rotatable bonds is 8. The molecule has 5 nitrogen and oxygen atoms in total. The molecule has 0 spiro atoms. The Bertz CT molecular complexity index is 1470. The summed E-state index contributed by atoms with van der Waals surface area (Å²) in [6, 6.07) is 34.6. The smallest absolute Gasteiger partial charge is 0.303 e. The lowest BCUT2D eigenvalue weighted by Crippen LogP contribution is -2.24. The van der Waals surface area contributed by atoms with Crippen molar-refractivity contribution in [2.75, 3.05) is 10.9 Å². The van der Waals surface area contributed by atoms with E-state index in [0.717, 1.165) is 38.7 Å². The molecule has 1 aromatic heterocycles. The highest BCUT2D eigenvalue weighted by Gasteiger charge is 2.18. The van der Waals surface area contributed by atoms with Gasteiger partial charge in [-0.3, -0.25) is 4.79 Å². The van der Waals surface area contributed by atoms with Gasteiger partial charge in [0.05, 0.1) is 35.5 Å².